The minimum Gasteiger partial charge on any atom is -0.381 e. The maximum Gasteiger partial charge on any atom is 0.272 e. The Labute approximate surface area is 117 Å². The number of methoxy groups -OCH3 is 1. The summed E-state index contributed by atoms with van der Waals surface area (Å²) in [7, 11) is 1.77. The van der Waals surface area contributed by atoms with E-state index in [-0.39, 0.29) is 10.7 Å². The van der Waals surface area contributed by atoms with E-state index >= 15 is 0 Å². The number of thioether (sulfide) groups is 1. The second-order valence-corrected chi connectivity index (χ2v) is 6.93. The van der Waals surface area contributed by atoms with E-state index in [2.05, 4.69) is 4.98 Å². The van der Waals surface area contributed by atoms with Crippen LogP contribution in [0.5, 0.6) is 0 Å². The van der Waals surface area contributed by atoms with Gasteiger partial charge in [-0.3, -0.25) is 9.78 Å². The Morgan fingerprint density at radius 3 is 2.89 bits per heavy atom. The smallest absolute Gasteiger partial charge is 0.272 e. The van der Waals surface area contributed by atoms with Crippen molar-refractivity contribution in [1.82, 2.24) is 9.88 Å². The first kappa shape index (κ1) is 12.9. The van der Waals surface area contributed by atoms with Crippen molar-refractivity contribution in [1.29, 1.82) is 0 Å². The summed E-state index contributed by atoms with van der Waals surface area (Å²) in [5, 5.41) is 0. The molecule has 3 rings (SSSR count). The van der Waals surface area contributed by atoms with Crippen LogP contribution in [0.25, 0.3) is 0 Å². The van der Waals surface area contributed by atoms with Gasteiger partial charge in [0.25, 0.3) is 5.91 Å². The van der Waals surface area contributed by atoms with Crippen LogP contribution in [0.2, 0.25) is 0 Å². The average Bonchev–Trinajstić information content (AvgIpc) is 2.81. The van der Waals surface area contributed by atoms with Crippen molar-refractivity contribution < 1.29 is 9.53 Å². The van der Waals surface area contributed by atoms with Crippen molar-refractivity contribution in [3.05, 3.63) is 29.6 Å². The minimum atomic E-state index is 0.0482. The maximum atomic E-state index is 12.3. The molecule has 0 radical (unpaired) electrons. The Bertz CT molecular complexity index is 483. The Kier molecular flexibility index (Phi) is 3.27. The third-order valence-corrected chi connectivity index (χ3v) is 5.46. The fourth-order valence-corrected chi connectivity index (χ4v) is 4.31. The SMILES string of the molecule is CO[C@H]1CSC2(C1)CN(C(=O)c1ccc(C)cn1)C2. The molecule has 1 aromatic rings. The van der Waals surface area contributed by atoms with Gasteiger partial charge in [-0.2, -0.15) is 0 Å². The number of carbonyl (C=O) groups is 1. The molecule has 0 aliphatic carbocycles. The van der Waals surface area contributed by atoms with Gasteiger partial charge in [-0.25, -0.2) is 0 Å². The second-order valence-electron chi connectivity index (χ2n) is 5.44. The number of likely N-dealkylation sites (tertiary alicyclic amines) is 1. The van der Waals surface area contributed by atoms with Crippen molar-refractivity contribution >= 4 is 17.7 Å². The van der Waals surface area contributed by atoms with Crippen LogP contribution in [0.3, 0.4) is 0 Å². The summed E-state index contributed by atoms with van der Waals surface area (Å²) < 4.78 is 5.64. The first-order chi connectivity index (χ1) is 9.12. The highest BCUT2D eigenvalue weighted by Gasteiger charge is 2.50. The molecule has 1 atom stereocenters. The molecule has 2 aliphatic heterocycles. The molecule has 1 spiro atoms. The molecule has 2 fully saturated rings. The summed E-state index contributed by atoms with van der Waals surface area (Å²) in [6.07, 6.45) is 3.15. The van der Waals surface area contributed by atoms with Gasteiger partial charge in [0.15, 0.2) is 0 Å². The number of nitrogens with zero attached hydrogens (tertiary/aromatic N) is 2. The van der Waals surface area contributed by atoms with E-state index in [1.165, 1.54) is 0 Å². The van der Waals surface area contributed by atoms with E-state index in [0.29, 0.717) is 11.8 Å². The molecule has 1 amide bonds. The van der Waals surface area contributed by atoms with E-state index in [4.69, 9.17) is 4.74 Å². The summed E-state index contributed by atoms with van der Waals surface area (Å²) in [6.45, 7) is 3.62. The van der Waals surface area contributed by atoms with Crippen LogP contribution < -0.4 is 0 Å². The fraction of sp³-hybridized carbons (Fsp3) is 0.571. The lowest BCUT2D eigenvalue weighted by Crippen LogP contribution is -2.60. The molecule has 19 heavy (non-hydrogen) atoms. The van der Waals surface area contributed by atoms with Gasteiger partial charge in [-0.15, -0.1) is 11.8 Å². The first-order valence-electron chi connectivity index (χ1n) is 6.51. The highest BCUT2D eigenvalue weighted by atomic mass is 32.2. The molecule has 0 N–H and O–H groups in total. The lowest BCUT2D eigenvalue weighted by atomic mass is 9.92. The fourth-order valence-electron chi connectivity index (χ4n) is 2.72. The lowest BCUT2D eigenvalue weighted by molar-refractivity contribution is 0.0447. The Morgan fingerprint density at radius 1 is 1.53 bits per heavy atom. The molecule has 0 saturated carbocycles. The quantitative estimate of drug-likeness (QED) is 0.826. The van der Waals surface area contributed by atoms with Crippen molar-refractivity contribution in [2.45, 2.75) is 24.2 Å². The van der Waals surface area contributed by atoms with Crippen LogP contribution in [-0.2, 0) is 4.74 Å². The molecule has 3 heterocycles. The van der Waals surface area contributed by atoms with Crippen molar-refractivity contribution in [3.8, 4) is 0 Å². The normalized spacial score (nSPS) is 24.5. The van der Waals surface area contributed by atoms with Crippen molar-refractivity contribution in [2.75, 3.05) is 26.0 Å². The molecule has 5 heteroatoms. The van der Waals surface area contributed by atoms with Crippen LogP contribution in [-0.4, -0.2) is 52.6 Å². The molecule has 102 valence electrons. The van der Waals surface area contributed by atoms with Gasteiger partial charge >= 0.3 is 0 Å². The Hall–Kier alpha value is -1.07. The third-order valence-electron chi connectivity index (χ3n) is 3.88. The van der Waals surface area contributed by atoms with Gasteiger partial charge in [0.1, 0.15) is 5.69 Å². The van der Waals surface area contributed by atoms with Gasteiger partial charge in [-0.05, 0) is 25.0 Å². The van der Waals surface area contributed by atoms with Gasteiger partial charge in [0.2, 0.25) is 0 Å². The molecular formula is C14H18N2O2S. The molecular weight excluding hydrogens is 260 g/mol. The number of amides is 1. The van der Waals surface area contributed by atoms with Gasteiger partial charge in [0.05, 0.1) is 10.9 Å². The van der Waals surface area contributed by atoms with Crippen LogP contribution in [0.15, 0.2) is 18.3 Å². The Morgan fingerprint density at radius 2 is 2.32 bits per heavy atom. The molecule has 2 aliphatic rings. The highest BCUT2D eigenvalue weighted by molar-refractivity contribution is 8.01. The highest BCUT2D eigenvalue weighted by Crippen LogP contribution is 2.46. The summed E-state index contributed by atoms with van der Waals surface area (Å²) in [5.74, 6) is 1.09. The summed E-state index contributed by atoms with van der Waals surface area (Å²) in [4.78, 5) is 18.3. The van der Waals surface area contributed by atoms with Crippen LogP contribution >= 0.6 is 11.8 Å². The summed E-state index contributed by atoms with van der Waals surface area (Å²) in [5.41, 5.74) is 1.62. The molecule has 0 aromatic carbocycles. The number of carbonyl (C=O) groups excluding carboxylic acids is 1. The average molecular weight is 278 g/mol. The minimum absolute atomic E-state index is 0.0482. The standard InChI is InChI=1S/C14H18N2O2S/c1-10-3-4-12(15-6-10)13(17)16-8-14(9-16)5-11(18-2)7-19-14/h3-4,6,11H,5,7-9H2,1-2H3/t11-/m1/s1. The lowest BCUT2D eigenvalue weighted by Gasteiger charge is -2.47. The molecule has 1 aromatic heterocycles. The maximum absolute atomic E-state index is 12.3. The number of hydrogen-bond acceptors (Lipinski definition) is 4. The van der Waals surface area contributed by atoms with E-state index in [1.807, 2.05) is 35.7 Å². The van der Waals surface area contributed by atoms with E-state index < -0.39 is 0 Å². The Balaban J connectivity index is 1.61. The number of aromatic nitrogens is 1. The predicted molar refractivity (Wildman–Crippen MR) is 75.5 cm³/mol. The molecule has 0 bridgehead atoms. The zero-order valence-electron chi connectivity index (χ0n) is 11.3. The van der Waals surface area contributed by atoms with Gasteiger partial charge in [0, 0.05) is 32.1 Å². The van der Waals surface area contributed by atoms with Crippen LogP contribution in [0.4, 0.5) is 0 Å². The number of ether oxygens (including phenoxy) is 1. The number of hydrogen-bond donors (Lipinski definition) is 0. The van der Waals surface area contributed by atoms with Gasteiger partial charge in [-0.1, -0.05) is 6.07 Å². The van der Waals surface area contributed by atoms with Crippen molar-refractivity contribution in [3.63, 3.8) is 0 Å². The number of rotatable bonds is 2. The molecule has 0 unspecified atom stereocenters. The largest absolute Gasteiger partial charge is 0.381 e. The van der Waals surface area contributed by atoms with E-state index in [9.17, 15) is 4.79 Å². The zero-order valence-corrected chi connectivity index (χ0v) is 12.1. The zero-order chi connectivity index (χ0) is 13.5. The molecule has 2 saturated heterocycles. The topological polar surface area (TPSA) is 42.4 Å². The first-order valence-corrected chi connectivity index (χ1v) is 7.49. The van der Waals surface area contributed by atoms with Crippen LogP contribution in [0.1, 0.15) is 22.5 Å². The summed E-state index contributed by atoms with van der Waals surface area (Å²) in [6, 6.07) is 3.74. The third kappa shape index (κ3) is 2.37. The number of aryl methyl sites for hydroxylation is 1. The van der Waals surface area contributed by atoms with E-state index in [1.54, 1.807) is 13.3 Å². The second kappa shape index (κ2) is 4.80. The van der Waals surface area contributed by atoms with Gasteiger partial charge < -0.3 is 9.64 Å². The number of pyridine rings is 1. The van der Waals surface area contributed by atoms with Crippen LogP contribution in [0, 0.1) is 6.92 Å². The van der Waals surface area contributed by atoms with E-state index in [0.717, 1.165) is 30.8 Å². The van der Waals surface area contributed by atoms with Crippen molar-refractivity contribution in [2.24, 2.45) is 0 Å². The predicted octanol–water partition coefficient (Wildman–Crippen LogP) is 1.74. The monoisotopic (exact) mass is 278 g/mol. The summed E-state index contributed by atoms with van der Waals surface area (Å²) >= 11 is 1.94. The molecule has 4 nitrogen and oxygen atoms in total.